The molecule has 1 atom stereocenters. The molecule has 1 aromatic rings. The van der Waals surface area contributed by atoms with Crippen molar-refractivity contribution in [1.29, 1.82) is 0 Å². The van der Waals surface area contributed by atoms with Gasteiger partial charge in [-0.15, -0.1) is 0 Å². The molecule has 1 aliphatic rings. The van der Waals surface area contributed by atoms with Crippen molar-refractivity contribution >= 4 is 5.69 Å². The molecule has 0 aromatic heterocycles. The summed E-state index contributed by atoms with van der Waals surface area (Å²) in [6, 6.07) is 4.97. The van der Waals surface area contributed by atoms with Crippen molar-refractivity contribution in [1.82, 2.24) is 5.32 Å². The minimum absolute atomic E-state index is 0.0743. The Balaban J connectivity index is 2.07. The molecule has 1 heterocycles. The number of hydrogen-bond donors (Lipinski definition) is 1. The van der Waals surface area contributed by atoms with E-state index in [1.54, 1.807) is 18.2 Å². The smallest absolute Gasteiger partial charge is 0.352 e. The molecule has 6 heteroatoms. The number of rotatable bonds is 7. The maximum absolute atomic E-state index is 11.3. The molecule has 0 saturated carbocycles. The maximum atomic E-state index is 11.3. The van der Waals surface area contributed by atoms with Crippen LogP contribution in [0.1, 0.15) is 26.2 Å². The van der Waals surface area contributed by atoms with E-state index in [9.17, 15) is 10.1 Å². The summed E-state index contributed by atoms with van der Waals surface area (Å²) in [5.74, 6) is 0.971. The zero-order valence-electron chi connectivity index (χ0n) is 12.3. The number of nitrogens with one attached hydrogen (secondary N) is 1. The molecule has 0 spiro atoms. The van der Waals surface area contributed by atoms with Gasteiger partial charge in [0.25, 0.3) is 0 Å². The van der Waals surface area contributed by atoms with E-state index in [4.69, 9.17) is 9.47 Å². The van der Waals surface area contributed by atoms with Gasteiger partial charge in [-0.1, -0.05) is 13.0 Å². The molecule has 0 radical (unpaired) electrons. The van der Waals surface area contributed by atoms with Crippen LogP contribution in [-0.4, -0.2) is 31.2 Å². The highest BCUT2D eigenvalue weighted by Gasteiger charge is 2.23. The first-order valence-corrected chi connectivity index (χ1v) is 7.46. The zero-order chi connectivity index (χ0) is 15.1. The summed E-state index contributed by atoms with van der Waals surface area (Å²) >= 11 is 0. The molecule has 0 amide bonds. The first-order valence-electron chi connectivity index (χ1n) is 7.46. The van der Waals surface area contributed by atoms with Crippen LogP contribution in [0.2, 0.25) is 0 Å². The standard InChI is InChI=1S/C15H22N2O4/c1-2-9-20-13-6-3-7-14(15(13)17(18)19)21-11-12-5-4-8-16-10-12/h3,6-7,12,16H,2,4-5,8-11H2,1H3. The first kappa shape index (κ1) is 15.6. The fraction of sp³-hybridized carbons (Fsp3) is 0.600. The Morgan fingerprint density at radius 1 is 1.38 bits per heavy atom. The van der Waals surface area contributed by atoms with E-state index >= 15 is 0 Å². The highest BCUT2D eigenvalue weighted by Crippen LogP contribution is 2.37. The topological polar surface area (TPSA) is 73.6 Å². The third-order valence-corrected chi connectivity index (χ3v) is 3.48. The van der Waals surface area contributed by atoms with Crippen LogP contribution in [0.25, 0.3) is 0 Å². The third kappa shape index (κ3) is 4.32. The number of hydrogen-bond acceptors (Lipinski definition) is 5. The molecular weight excluding hydrogens is 272 g/mol. The summed E-state index contributed by atoms with van der Waals surface area (Å²) < 4.78 is 11.1. The van der Waals surface area contributed by atoms with E-state index < -0.39 is 4.92 Å². The van der Waals surface area contributed by atoms with Gasteiger partial charge >= 0.3 is 5.69 Å². The van der Waals surface area contributed by atoms with Crippen molar-refractivity contribution < 1.29 is 14.4 Å². The summed E-state index contributed by atoms with van der Waals surface area (Å²) in [6.07, 6.45) is 3.01. The van der Waals surface area contributed by atoms with E-state index in [1.165, 1.54) is 0 Å². The third-order valence-electron chi connectivity index (χ3n) is 3.48. The predicted molar refractivity (Wildman–Crippen MR) is 80.0 cm³/mol. The van der Waals surface area contributed by atoms with E-state index in [1.807, 2.05) is 6.92 Å². The molecule has 1 saturated heterocycles. The summed E-state index contributed by atoms with van der Waals surface area (Å²) in [5, 5.41) is 14.6. The number of nitro groups is 1. The Labute approximate surface area is 124 Å². The van der Waals surface area contributed by atoms with Gasteiger partial charge < -0.3 is 14.8 Å². The lowest BCUT2D eigenvalue weighted by atomic mass is 10.0. The van der Waals surface area contributed by atoms with E-state index in [0.29, 0.717) is 24.9 Å². The SMILES string of the molecule is CCCOc1cccc(OCC2CCCNC2)c1[N+](=O)[O-]. The van der Waals surface area contributed by atoms with Crippen molar-refractivity contribution in [2.45, 2.75) is 26.2 Å². The molecule has 2 rings (SSSR count). The highest BCUT2D eigenvalue weighted by atomic mass is 16.6. The summed E-state index contributed by atoms with van der Waals surface area (Å²) in [5.41, 5.74) is -0.0743. The van der Waals surface area contributed by atoms with E-state index in [2.05, 4.69) is 5.32 Å². The molecule has 6 nitrogen and oxygen atoms in total. The van der Waals surface area contributed by atoms with Gasteiger partial charge in [-0.05, 0) is 37.9 Å². The van der Waals surface area contributed by atoms with Gasteiger partial charge in [-0.2, -0.15) is 0 Å². The van der Waals surface area contributed by atoms with Gasteiger partial charge in [0.15, 0.2) is 0 Å². The summed E-state index contributed by atoms with van der Waals surface area (Å²) in [7, 11) is 0. The van der Waals surface area contributed by atoms with Gasteiger partial charge in [0.05, 0.1) is 18.1 Å². The number of benzene rings is 1. The van der Waals surface area contributed by atoms with Crippen molar-refractivity contribution in [2.75, 3.05) is 26.3 Å². The lowest BCUT2D eigenvalue weighted by molar-refractivity contribution is -0.386. The van der Waals surface area contributed by atoms with Crippen LogP contribution in [-0.2, 0) is 0 Å². The van der Waals surface area contributed by atoms with Crippen molar-refractivity contribution in [3.63, 3.8) is 0 Å². The van der Waals surface area contributed by atoms with Gasteiger partial charge in [-0.25, -0.2) is 0 Å². The second kappa shape index (κ2) is 7.83. The van der Waals surface area contributed by atoms with E-state index in [0.717, 1.165) is 32.4 Å². The Kier molecular flexibility index (Phi) is 5.80. The second-order valence-corrected chi connectivity index (χ2v) is 5.23. The Morgan fingerprint density at radius 2 is 2.14 bits per heavy atom. The molecule has 1 N–H and O–H groups in total. The minimum Gasteiger partial charge on any atom is -0.487 e. The number of nitro benzene ring substituents is 1. The van der Waals surface area contributed by atoms with Gasteiger partial charge in [0.1, 0.15) is 0 Å². The van der Waals surface area contributed by atoms with Crippen LogP contribution in [0.4, 0.5) is 5.69 Å². The molecule has 0 bridgehead atoms. The van der Waals surface area contributed by atoms with Crippen LogP contribution < -0.4 is 14.8 Å². The molecule has 1 aromatic carbocycles. The number of nitrogens with zero attached hydrogens (tertiary/aromatic N) is 1. The summed E-state index contributed by atoms with van der Waals surface area (Å²) in [6.45, 7) is 4.85. The average Bonchev–Trinajstić information content (AvgIpc) is 2.51. The molecule has 21 heavy (non-hydrogen) atoms. The first-order chi connectivity index (χ1) is 10.2. The zero-order valence-corrected chi connectivity index (χ0v) is 12.3. The van der Waals surface area contributed by atoms with Crippen molar-refractivity contribution in [3.8, 4) is 11.5 Å². The molecular formula is C15H22N2O4. The quantitative estimate of drug-likeness (QED) is 0.618. The van der Waals surface area contributed by atoms with Crippen LogP contribution in [0.15, 0.2) is 18.2 Å². The van der Waals surface area contributed by atoms with Crippen molar-refractivity contribution in [3.05, 3.63) is 28.3 Å². The molecule has 1 aliphatic heterocycles. The van der Waals surface area contributed by atoms with Crippen LogP contribution in [0.5, 0.6) is 11.5 Å². The van der Waals surface area contributed by atoms with Crippen LogP contribution in [0, 0.1) is 16.0 Å². The summed E-state index contributed by atoms with van der Waals surface area (Å²) in [4.78, 5) is 10.9. The largest absolute Gasteiger partial charge is 0.487 e. The fourth-order valence-electron chi connectivity index (χ4n) is 2.40. The van der Waals surface area contributed by atoms with Crippen molar-refractivity contribution in [2.24, 2.45) is 5.92 Å². The Hall–Kier alpha value is -1.82. The van der Waals surface area contributed by atoms with Crippen LogP contribution >= 0.6 is 0 Å². The number of ether oxygens (including phenoxy) is 2. The lowest BCUT2D eigenvalue weighted by Gasteiger charge is -2.22. The molecule has 116 valence electrons. The monoisotopic (exact) mass is 294 g/mol. The van der Waals surface area contributed by atoms with Gasteiger partial charge in [0.2, 0.25) is 11.5 Å². The normalized spacial score (nSPS) is 18.2. The molecule has 1 unspecified atom stereocenters. The number of piperidine rings is 1. The number of para-hydroxylation sites is 1. The molecule has 1 fully saturated rings. The predicted octanol–water partition coefficient (Wildman–Crippen LogP) is 2.76. The van der Waals surface area contributed by atoms with Gasteiger partial charge in [0, 0.05) is 12.5 Å². The Bertz CT molecular complexity index is 473. The fourth-order valence-corrected chi connectivity index (χ4v) is 2.40. The van der Waals surface area contributed by atoms with Crippen LogP contribution in [0.3, 0.4) is 0 Å². The highest BCUT2D eigenvalue weighted by molar-refractivity contribution is 5.57. The maximum Gasteiger partial charge on any atom is 0.352 e. The Morgan fingerprint density at radius 3 is 2.76 bits per heavy atom. The second-order valence-electron chi connectivity index (χ2n) is 5.23. The van der Waals surface area contributed by atoms with E-state index in [-0.39, 0.29) is 11.4 Å². The molecule has 0 aliphatic carbocycles. The lowest BCUT2D eigenvalue weighted by Crippen LogP contribution is -2.33. The van der Waals surface area contributed by atoms with Gasteiger partial charge in [-0.3, -0.25) is 10.1 Å². The average molecular weight is 294 g/mol. The minimum atomic E-state index is -0.431.